The van der Waals surface area contributed by atoms with Gasteiger partial charge in [-0.15, -0.1) is 0 Å². The minimum Gasteiger partial charge on any atom is -0.462 e. The Bertz CT molecular complexity index is 843. The van der Waals surface area contributed by atoms with Crippen LogP contribution >= 0.6 is 0 Å². The first-order valence-electron chi connectivity index (χ1n) is 7.73. The second-order valence-electron chi connectivity index (χ2n) is 5.18. The number of carbonyl (C=O) groups excluding carboxylic acids is 2. The molecule has 1 aromatic carbocycles. The van der Waals surface area contributed by atoms with E-state index in [1.54, 1.807) is 19.1 Å². The lowest BCUT2D eigenvalue weighted by Crippen LogP contribution is -2.19. The Labute approximate surface area is 141 Å². The van der Waals surface area contributed by atoms with Gasteiger partial charge in [0.25, 0.3) is 5.91 Å². The van der Waals surface area contributed by atoms with Crippen LogP contribution in [0.1, 0.15) is 45.9 Å². The quantitative estimate of drug-likeness (QED) is 0.668. The average molecular weight is 327 g/mol. The molecule has 0 atom stereocenters. The Morgan fingerprint density at radius 2 is 2.08 bits per heavy atom. The Hall–Kier alpha value is -2.82. The van der Waals surface area contributed by atoms with Crippen LogP contribution in [0.2, 0.25) is 0 Å². The second-order valence-corrected chi connectivity index (χ2v) is 5.18. The number of furan rings is 1. The molecule has 0 spiro atoms. The lowest BCUT2D eigenvalue weighted by molar-refractivity contribution is 0.0526. The second kappa shape index (κ2) is 7.17. The zero-order valence-corrected chi connectivity index (χ0v) is 14.4. The van der Waals surface area contributed by atoms with Gasteiger partial charge in [-0.05, 0) is 38.5 Å². The van der Waals surface area contributed by atoms with E-state index in [1.807, 2.05) is 19.9 Å². The van der Waals surface area contributed by atoms with Crippen LogP contribution in [0.3, 0.4) is 0 Å². The summed E-state index contributed by atoms with van der Waals surface area (Å²) < 4.78 is 10.9. The van der Waals surface area contributed by atoms with Gasteiger partial charge in [0.15, 0.2) is 0 Å². The molecule has 1 N–H and O–H groups in total. The third-order valence-electron chi connectivity index (χ3n) is 3.77. The van der Waals surface area contributed by atoms with Crippen LogP contribution in [0.5, 0.6) is 0 Å². The molecule has 1 aromatic heterocycles. The molecule has 5 heteroatoms. The summed E-state index contributed by atoms with van der Waals surface area (Å²) in [6.45, 7) is 9.52. The summed E-state index contributed by atoms with van der Waals surface area (Å²) in [6, 6.07) is 3.19. The molecule has 24 heavy (non-hydrogen) atoms. The van der Waals surface area contributed by atoms with Gasteiger partial charge in [-0.3, -0.25) is 4.79 Å². The molecule has 0 aliphatic rings. The van der Waals surface area contributed by atoms with Gasteiger partial charge in [-0.2, -0.15) is 0 Å². The van der Waals surface area contributed by atoms with Crippen molar-refractivity contribution in [2.45, 2.75) is 20.8 Å². The summed E-state index contributed by atoms with van der Waals surface area (Å²) in [5.41, 5.74) is 2.74. The van der Waals surface area contributed by atoms with Crippen LogP contribution in [0, 0.1) is 6.92 Å². The number of ether oxygens (including phenoxy) is 1. The summed E-state index contributed by atoms with van der Waals surface area (Å²) in [5, 5.41) is 3.26. The number of aryl methyl sites for hydroxylation is 1. The predicted molar refractivity (Wildman–Crippen MR) is 94.1 cm³/mol. The number of nitrogens with one attached hydrogen (secondary N) is 1. The highest BCUT2D eigenvalue weighted by atomic mass is 16.5. The van der Waals surface area contributed by atoms with E-state index in [4.69, 9.17) is 9.15 Å². The van der Waals surface area contributed by atoms with Crippen molar-refractivity contribution < 1.29 is 18.7 Å². The lowest BCUT2D eigenvalue weighted by Gasteiger charge is -2.07. The van der Waals surface area contributed by atoms with E-state index >= 15 is 0 Å². The maximum atomic E-state index is 12.2. The van der Waals surface area contributed by atoms with Crippen LogP contribution in [0.25, 0.3) is 16.5 Å². The SMILES string of the molecule is C=C/C(=C\C)c1c(C)oc2c(C(=O)NC)cc(C(=O)OCC)cc12. The molecule has 2 aromatic rings. The van der Waals surface area contributed by atoms with Crippen molar-refractivity contribution in [2.75, 3.05) is 13.7 Å². The van der Waals surface area contributed by atoms with Gasteiger partial charge in [0.05, 0.1) is 17.7 Å². The number of allylic oxidation sites excluding steroid dienone is 3. The van der Waals surface area contributed by atoms with E-state index in [0.29, 0.717) is 27.9 Å². The zero-order valence-electron chi connectivity index (χ0n) is 14.4. The highest BCUT2D eigenvalue weighted by Gasteiger charge is 2.22. The van der Waals surface area contributed by atoms with Gasteiger partial charge in [0, 0.05) is 18.0 Å². The van der Waals surface area contributed by atoms with Gasteiger partial charge >= 0.3 is 5.97 Å². The number of hydrogen-bond acceptors (Lipinski definition) is 4. The Morgan fingerprint density at radius 1 is 1.38 bits per heavy atom. The first-order valence-corrected chi connectivity index (χ1v) is 7.73. The smallest absolute Gasteiger partial charge is 0.338 e. The number of rotatable bonds is 5. The number of carbonyl (C=O) groups is 2. The molecule has 0 bridgehead atoms. The topological polar surface area (TPSA) is 68.5 Å². The minimum atomic E-state index is -0.477. The Balaban J connectivity index is 2.85. The molecule has 0 fully saturated rings. The van der Waals surface area contributed by atoms with Crippen molar-refractivity contribution in [1.29, 1.82) is 0 Å². The molecule has 1 amide bonds. The standard InChI is InChI=1S/C19H21NO4/c1-6-12(7-2)16-11(4)24-17-14(16)9-13(19(22)23-8-3)10-15(17)18(21)20-5/h6-7,9-10H,1,8H2,2-5H3,(H,20,21)/b12-7+. The number of fused-ring (bicyclic) bond motifs is 1. The Kier molecular flexibility index (Phi) is 5.24. The highest BCUT2D eigenvalue weighted by Crippen LogP contribution is 2.34. The van der Waals surface area contributed by atoms with E-state index in [0.717, 1.165) is 11.1 Å². The summed E-state index contributed by atoms with van der Waals surface area (Å²) >= 11 is 0. The largest absolute Gasteiger partial charge is 0.462 e. The number of benzene rings is 1. The van der Waals surface area contributed by atoms with Crippen LogP contribution < -0.4 is 5.32 Å². The molecule has 0 radical (unpaired) electrons. The fourth-order valence-corrected chi connectivity index (χ4v) is 2.68. The summed E-state index contributed by atoms with van der Waals surface area (Å²) in [7, 11) is 1.53. The normalized spacial score (nSPS) is 11.4. The highest BCUT2D eigenvalue weighted by molar-refractivity contribution is 6.11. The first-order chi connectivity index (χ1) is 11.5. The van der Waals surface area contributed by atoms with Gasteiger partial charge in [-0.1, -0.05) is 18.7 Å². The van der Waals surface area contributed by atoms with Crippen molar-refractivity contribution in [1.82, 2.24) is 5.32 Å². The van der Waals surface area contributed by atoms with Crippen molar-refractivity contribution >= 4 is 28.4 Å². The molecule has 0 aliphatic carbocycles. The molecule has 5 nitrogen and oxygen atoms in total. The number of esters is 1. The molecule has 0 unspecified atom stereocenters. The first kappa shape index (κ1) is 17.5. The summed E-state index contributed by atoms with van der Waals surface area (Å²) in [4.78, 5) is 24.4. The van der Waals surface area contributed by atoms with Crippen LogP contribution in [-0.4, -0.2) is 25.5 Å². The van der Waals surface area contributed by atoms with Crippen molar-refractivity contribution in [3.63, 3.8) is 0 Å². The minimum absolute atomic E-state index is 0.260. The third kappa shape index (κ3) is 2.97. The van der Waals surface area contributed by atoms with Gasteiger partial charge < -0.3 is 14.5 Å². The van der Waals surface area contributed by atoms with Gasteiger partial charge in [0.1, 0.15) is 11.3 Å². The predicted octanol–water partition coefficient (Wildman–Crippen LogP) is 3.87. The van der Waals surface area contributed by atoms with Gasteiger partial charge in [-0.25, -0.2) is 4.79 Å². The molecule has 0 saturated carbocycles. The van der Waals surface area contributed by atoms with E-state index in [1.165, 1.54) is 13.1 Å². The van der Waals surface area contributed by atoms with Crippen molar-refractivity contribution in [3.05, 3.63) is 53.3 Å². The molecule has 126 valence electrons. The Morgan fingerprint density at radius 3 is 2.62 bits per heavy atom. The summed E-state index contributed by atoms with van der Waals surface area (Å²) in [6.07, 6.45) is 3.62. The molecule has 1 heterocycles. The fraction of sp³-hybridized carbons (Fsp3) is 0.263. The molecule has 0 aliphatic heterocycles. The molecule has 2 rings (SSSR count). The zero-order chi connectivity index (χ0) is 17.9. The van der Waals surface area contributed by atoms with E-state index in [2.05, 4.69) is 11.9 Å². The van der Waals surface area contributed by atoms with Crippen molar-refractivity contribution in [3.8, 4) is 0 Å². The van der Waals surface area contributed by atoms with E-state index in [9.17, 15) is 9.59 Å². The molecule has 0 saturated heterocycles. The third-order valence-corrected chi connectivity index (χ3v) is 3.77. The lowest BCUT2D eigenvalue weighted by atomic mass is 9.98. The average Bonchev–Trinajstić information content (AvgIpc) is 2.91. The molecular formula is C19H21NO4. The van der Waals surface area contributed by atoms with Crippen LogP contribution in [0.4, 0.5) is 0 Å². The monoisotopic (exact) mass is 327 g/mol. The fourth-order valence-electron chi connectivity index (χ4n) is 2.68. The summed E-state index contributed by atoms with van der Waals surface area (Å²) in [5.74, 6) is -0.147. The number of hydrogen-bond donors (Lipinski definition) is 1. The maximum absolute atomic E-state index is 12.2. The number of amides is 1. The van der Waals surface area contributed by atoms with Crippen molar-refractivity contribution in [2.24, 2.45) is 0 Å². The van der Waals surface area contributed by atoms with Crippen LogP contribution in [-0.2, 0) is 4.74 Å². The van der Waals surface area contributed by atoms with E-state index < -0.39 is 5.97 Å². The van der Waals surface area contributed by atoms with E-state index in [-0.39, 0.29) is 12.5 Å². The molecular weight excluding hydrogens is 306 g/mol. The maximum Gasteiger partial charge on any atom is 0.338 e. The van der Waals surface area contributed by atoms with Gasteiger partial charge in [0.2, 0.25) is 0 Å². The van der Waals surface area contributed by atoms with Crippen LogP contribution in [0.15, 0.2) is 35.3 Å².